The average Bonchev–Trinajstić information content (AvgIpc) is 3.36. The van der Waals surface area contributed by atoms with Crippen LogP contribution in [0, 0.1) is 11.3 Å². The predicted molar refractivity (Wildman–Crippen MR) is 105 cm³/mol. The van der Waals surface area contributed by atoms with Crippen LogP contribution in [0.1, 0.15) is 19.3 Å². The number of rotatable bonds is 4. The van der Waals surface area contributed by atoms with Crippen molar-refractivity contribution in [2.75, 3.05) is 38.1 Å². The molecular formula is C21H25N5O. The largest absolute Gasteiger partial charge is 0.369 e. The Labute approximate surface area is 160 Å². The van der Waals surface area contributed by atoms with Crippen molar-refractivity contribution in [1.29, 1.82) is 5.26 Å². The second kappa shape index (κ2) is 7.53. The molecule has 0 radical (unpaired) electrons. The van der Waals surface area contributed by atoms with Gasteiger partial charge in [-0.05, 0) is 31.4 Å². The van der Waals surface area contributed by atoms with Gasteiger partial charge in [0, 0.05) is 38.1 Å². The Morgan fingerprint density at radius 3 is 3.04 bits per heavy atom. The molecule has 2 saturated heterocycles. The van der Waals surface area contributed by atoms with Crippen molar-refractivity contribution < 1.29 is 4.79 Å². The Balaban J connectivity index is 1.38. The van der Waals surface area contributed by atoms with Crippen molar-refractivity contribution in [2.45, 2.75) is 31.3 Å². The SMILES string of the molecule is CN(c1cnc2ccccc2c1)[C@@H]1CCN(CC(=O)N2CCC[C@H]2C#N)C1. The van der Waals surface area contributed by atoms with E-state index in [0.717, 1.165) is 55.5 Å². The number of amides is 1. The van der Waals surface area contributed by atoms with Crippen molar-refractivity contribution in [3.63, 3.8) is 0 Å². The molecule has 0 bridgehead atoms. The number of carbonyl (C=O) groups is 1. The lowest BCUT2D eigenvalue weighted by atomic mass is 10.1. The van der Waals surface area contributed by atoms with E-state index in [4.69, 9.17) is 0 Å². The lowest BCUT2D eigenvalue weighted by Crippen LogP contribution is -2.42. The summed E-state index contributed by atoms with van der Waals surface area (Å²) in [5.41, 5.74) is 2.11. The second-order valence-corrected chi connectivity index (χ2v) is 7.55. The molecule has 2 fully saturated rings. The van der Waals surface area contributed by atoms with Crippen LogP contribution >= 0.6 is 0 Å². The first-order valence-corrected chi connectivity index (χ1v) is 9.65. The number of likely N-dealkylation sites (tertiary alicyclic amines) is 2. The third-order valence-electron chi connectivity index (χ3n) is 5.86. The number of hydrogen-bond donors (Lipinski definition) is 0. The van der Waals surface area contributed by atoms with Crippen molar-refractivity contribution >= 4 is 22.5 Å². The van der Waals surface area contributed by atoms with Gasteiger partial charge in [0.05, 0.1) is 30.0 Å². The number of para-hydroxylation sites is 1. The van der Waals surface area contributed by atoms with E-state index in [1.165, 1.54) is 0 Å². The molecule has 0 spiro atoms. The van der Waals surface area contributed by atoms with Crippen LogP contribution in [-0.2, 0) is 4.79 Å². The molecule has 140 valence electrons. The Kier molecular flexibility index (Phi) is 4.95. The van der Waals surface area contributed by atoms with Crippen molar-refractivity contribution in [3.05, 3.63) is 36.5 Å². The summed E-state index contributed by atoms with van der Waals surface area (Å²) < 4.78 is 0. The summed E-state index contributed by atoms with van der Waals surface area (Å²) in [5.74, 6) is 0.0923. The Hall–Kier alpha value is -2.65. The third kappa shape index (κ3) is 3.60. The first-order valence-electron chi connectivity index (χ1n) is 9.65. The summed E-state index contributed by atoms with van der Waals surface area (Å²) in [5, 5.41) is 10.3. The van der Waals surface area contributed by atoms with Gasteiger partial charge in [-0.25, -0.2) is 0 Å². The summed E-state index contributed by atoms with van der Waals surface area (Å²) in [6.07, 6.45) is 4.70. The van der Waals surface area contributed by atoms with Gasteiger partial charge in [0.1, 0.15) is 6.04 Å². The zero-order valence-corrected chi connectivity index (χ0v) is 15.7. The topological polar surface area (TPSA) is 63.5 Å². The van der Waals surface area contributed by atoms with Crippen LogP contribution < -0.4 is 4.90 Å². The lowest BCUT2D eigenvalue weighted by Gasteiger charge is -2.27. The third-order valence-corrected chi connectivity index (χ3v) is 5.86. The minimum Gasteiger partial charge on any atom is -0.369 e. The monoisotopic (exact) mass is 363 g/mol. The molecule has 0 aliphatic carbocycles. The molecule has 1 aromatic carbocycles. The zero-order chi connectivity index (χ0) is 18.8. The van der Waals surface area contributed by atoms with Gasteiger partial charge in [-0.15, -0.1) is 0 Å². The van der Waals surface area contributed by atoms with Crippen LogP contribution in [0.3, 0.4) is 0 Å². The Bertz CT molecular complexity index is 876. The van der Waals surface area contributed by atoms with Crippen molar-refractivity contribution in [1.82, 2.24) is 14.8 Å². The number of aromatic nitrogens is 1. The van der Waals surface area contributed by atoms with Crippen molar-refractivity contribution in [3.8, 4) is 6.07 Å². The summed E-state index contributed by atoms with van der Waals surface area (Å²) in [4.78, 5) is 23.4. The lowest BCUT2D eigenvalue weighted by molar-refractivity contribution is -0.132. The minimum absolute atomic E-state index is 0.0923. The standard InChI is InChI=1S/C21H25N5O/c1-24(19-11-16-5-2-3-7-20(16)23-13-19)18-8-10-25(14-18)15-21(27)26-9-4-6-17(26)12-22/h2-3,5,7,11,13,17-18H,4,6,8-10,14-15H2,1H3/t17-,18+/m0/s1. The number of nitrogens with zero attached hydrogens (tertiary/aromatic N) is 5. The van der Waals surface area contributed by atoms with E-state index in [9.17, 15) is 10.1 Å². The highest BCUT2D eigenvalue weighted by Gasteiger charge is 2.32. The molecule has 6 heteroatoms. The summed E-state index contributed by atoms with van der Waals surface area (Å²) in [6.45, 7) is 2.91. The van der Waals surface area contributed by atoms with Crippen LogP contribution in [-0.4, -0.2) is 66.0 Å². The molecule has 3 heterocycles. The fourth-order valence-electron chi connectivity index (χ4n) is 4.22. The molecule has 4 rings (SSSR count). The molecular weight excluding hydrogens is 338 g/mol. The van der Waals surface area contributed by atoms with E-state index in [1.807, 2.05) is 24.4 Å². The average molecular weight is 363 g/mol. The molecule has 1 aromatic heterocycles. The Morgan fingerprint density at radius 1 is 1.33 bits per heavy atom. The minimum atomic E-state index is -0.234. The fraction of sp³-hybridized carbons (Fsp3) is 0.476. The molecule has 2 aromatic rings. The van der Waals surface area contributed by atoms with E-state index < -0.39 is 0 Å². The maximum Gasteiger partial charge on any atom is 0.237 e. The number of anilines is 1. The second-order valence-electron chi connectivity index (χ2n) is 7.55. The number of benzene rings is 1. The summed E-state index contributed by atoms with van der Waals surface area (Å²) >= 11 is 0. The van der Waals surface area contributed by atoms with E-state index >= 15 is 0 Å². The summed E-state index contributed by atoms with van der Waals surface area (Å²) in [6, 6.07) is 12.7. The molecule has 6 nitrogen and oxygen atoms in total. The van der Waals surface area contributed by atoms with Gasteiger partial charge >= 0.3 is 0 Å². The molecule has 27 heavy (non-hydrogen) atoms. The molecule has 2 aliphatic rings. The van der Waals surface area contributed by atoms with Gasteiger partial charge in [0.2, 0.25) is 5.91 Å². The quantitative estimate of drug-likeness (QED) is 0.834. The van der Waals surface area contributed by atoms with E-state index in [0.29, 0.717) is 12.6 Å². The summed E-state index contributed by atoms with van der Waals surface area (Å²) in [7, 11) is 2.11. The number of nitriles is 1. The van der Waals surface area contributed by atoms with Crippen LogP contribution in [0.15, 0.2) is 36.5 Å². The van der Waals surface area contributed by atoms with Gasteiger partial charge in [0.15, 0.2) is 0 Å². The number of likely N-dealkylation sites (N-methyl/N-ethyl adjacent to an activating group) is 1. The molecule has 0 saturated carbocycles. The normalized spacial score (nSPS) is 22.9. The smallest absolute Gasteiger partial charge is 0.237 e. The van der Waals surface area contributed by atoms with Gasteiger partial charge < -0.3 is 9.80 Å². The zero-order valence-electron chi connectivity index (χ0n) is 15.7. The van der Waals surface area contributed by atoms with Crippen LogP contribution in [0.25, 0.3) is 10.9 Å². The van der Waals surface area contributed by atoms with Gasteiger partial charge in [-0.3, -0.25) is 14.7 Å². The molecule has 1 amide bonds. The highest BCUT2D eigenvalue weighted by atomic mass is 16.2. The van der Waals surface area contributed by atoms with Gasteiger partial charge in [-0.1, -0.05) is 18.2 Å². The number of fused-ring (bicyclic) bond motifs is 1. The molecule has 0 N–H and O–H groups in total. The molecule has 2 aliphatic heterocycles. The molecule has 0 unspecified atom stereocenters. The van der Waals surface area contributed by atoms with Gasteiger partial charge in [-0.2, -0.15) is 5.26 Å². The van der Waals surface area contributed by atoms with E-state index in [1.54, 1.807) is 4.90 Å². The molecule has 2 atom stereocenters. The number of carbonyl (C=O) groups excluding carboxylic acids is 1. The number of pyridine rings is 1. The number of hydrogen-bond acceptors (Lipinski definition) is 5. The van der Waals surface area contributed by atoms with Crippen LogP contribution in [0.4, 0.5) is 5.69 Å². The van der Waals surface area contributed by atoms with Crippen LogP contribution in [0.2, 0.25) is 0 Å². The first kappa shape index (κ1) is 17.7. The highest BCUT2D eigenvalue weighted by Crippen LogP contribution is 2.24. The highest BCUT2D eigenvalue weighted by molar-refractivity contribution is 5.81. The maximum atomic E-state index is 12.6. The van der Waals surface area contributed by atoms with E-state index in [2.05, 4.69) is 40.0 Å². The predicted octanol–water partition coefficient (Wildman–Crippen LogP) is 2.26. The maximum absolute atomic E-state index is 12.6. The van der Waals surface area contributed by atoms with Crippen LogP contribution in [0.5, 0.6) is 0 Å². The first-order chi connectivity index (χ1) is 13.2. The van der Waals surface area contributed by atoms with Crippen molar-refractivity contribution in [2.24, 2.45) is 0 Å². The fourth-order valence-corrected chi connectivity index (χ4v) is 4.22. The van der Waals surface area contributed by atoms with E-state index in [-0.39, 0.29) is 11.9 Å². The Morgan fingerprint density at radius 2 is 2.19 bits per heavy atom. The van der Waals surface area contributed by atoms with Gasteiger partial charge in [0.25, 0.3) is 0 Å².